The van der Waals surface area contributed by atoms with Gasteiger partial charge in [-0.2, -0.15) is 0 Å². The Balaban J connectivity index is 0.000000422. The molecule has 0 fully saturated rings. The van der Waals surface area contributed by atoms with Gasteiger partial charge in [0.05, 0.1) is 25.0 Å². The molecule has 0 spiro atoms. The summed E-state index contributed by atoms with van der Waals surface area (Å²) < 4.78 is 1.91. The number of carboxylic acids is 5. The minimum absolute atomic E-state index is 0.00592. The first-order valence-corrected chi connectivity index (χ1v) is 19.4. The van der Waals surface area contributed by atoms with Crippen molar-refractivity contribution in [3.63, 3.8) is 0 Å². The molecule has 4 rings (SSSR count). The number of rotatable bonds is 20. The van der Waals surface area contributed by atoms with Crippen LogP contribution in [0.2, 0.25) is 0 Å². The molecule has 18 heteroatoms. The van der Waals surface area contributed by atoms with Crippen molar-refractivity contribution in [2.75, 3.05) is 6.54 Å². The summed E-state index contributed by atoms with van der Waals surface area (Å²) in [6.45, 7) is 20.7. The standard InChI is InChI=1S/C13H15NO4.C12H13NO4.C10H12N4.C10H14N2O2/c1-2-9-7-10(3-5-12(15)16)14-11(8-9)4-6-13(17)18;1-3-8-4-7(2)13-9(5-8)6-10(11(14)15)12(16)17;1-3-9-6-8(2)13-10(7-9)4-5-12-14-11;1-4-9-11-8(5-6-10(13)14)7(2)12(9)3/h2,7-8H,1,3-6H2,(H,15,16)(H,17,18);3-5,10H,1,6H2,2H3,(H,14,15)(H,16,17);3,6-7H,1,4-5H2,2H3;4H,1,5-6H2,2-3H3,(H,13,14). The van der Waals surface area contributed by atoms with Crippen LogP contribution < -0.4 is 0 Å². The van der Waals surface area contributed by atoms with Crippen LogP contribution in [0.15, 0.2) is 67.8 Å². The lowest BCUT2D eigenvalue weighted by atomic mass is 10.0. The number of nitrogens with zero attached hydrogens (tertiary/aromatic N) is 8. The van der Waals surface area contributed by atoms with E-state index in [2.05, 4.69) is 56.3 Å². The lowest BCUT2D eigenvalue weighted by Gasteiger charge is -2.08. The Morgan fingerprint density at radius 1 is 0.635 bits per heavy atom. The Kier molecular flexibility index (Phi) is 23.6. The van der Waals surface area contributed by atoms with E-state index in [9.17, 15) is 24.0 Å². The summed E-state index contributed by atoms with van der Waals surface area (Å²) >= 11 is 0. The van der Waals surface area contributed by atoms with Gasteiger partial charge in [0.1, 0.15) is 5.82 Å². The Hall–Kier alpha value is -7.72. The van der Waals surface area contributed by atoms with Crippen LogP contribution in [0, 0.1) is 26.7 Å². The molecular formula is C45H54N8O10. The zero-order chi connectivity index (χ0) is 47.6. The zero-order valence-corrected chi connectivity index (χ0v) is 35.9. The van der Waals surface area contributed by atoms with Gasteiger partial charge in [-0.05, 0) is 91.9 Å². The van der Waals surface area contributed by atoms with Crippen LogP contribution in [-0.2, 0) is 63.1 Å². The van der Waals surface area contributed by atoms with E-state index in [1.165, 1.54) is 0 Å². The van der Waals surface area contributed by atoms with Crippen molar-refractivity contribution in [3.05, 3.63) is 141 Å². The number of azide groups is 1. The number of carbonyl (C=O) groups is 5. The summed E-state index contributed by atoms with van der Waals surface area (Å²) in [6.07, 6.45) is 8.50. The minimum Gasteiger partial charge on any atom is -0.481 e. The molecule has 0 aromatic carbocycles. The van der Waals surface area contributed by atoms with E-state index in [-0.39, 0.29) is 25.7 Å². The first kappa shape index (κ1) is 53.3. The van der Waals surface area contributed by atoms with Crippen LogP contribution in [0.25, 0.3) is 34.7 Å². The molecule has 0 saturated heterocycles. The Labute approximate surface area is 365 Å². The van der Waals surface area contributed by atoms with Crippen LogP contribution in [0.1, 0.15) is 87.3 Å². The van der Waals surface area contributed by atoms with Crippen molar-refractivity contribution in [1.82, 2.24) is 24.5 Å². The molecule has 18 nitrogen and oxygen atoms in total. The van der Waals surface area contributed by atoms with Crippen molar-refractivity contribution < 1.29 is 49.5 Å². The molecule has 0 unspecified atom stereocenters. The Morgan fingerprint density at radius 3 is 1.44 bits per heavy atom. The maximum absolute atomic E-state index is 10.8. The lowest BCUT2D eigenvalue weighted by molar-refractivity contribution is -0.154. The number of aromatic nitrogens is 5. The number of aliphatic carboxylic acids is 5. The molecule has 0 aliphatic carbocycles. The normalized spacial score (nSPS) is 9.92. The van der Waals surface area contributed by atoms with E-state index < -0.39 is 35.8 Å². The molecule has 0 aliphatic rings. The summed E-state index contributed by atoms with van der Waals surface area (Å²) in [6, 6.07) is 10.9. The second-order valence-corrected chi connectivity index (χ2v) is 13.6. The lowest BCUT2D eigenvalue weighted by Crippen LogP contribution is -2.26. The molecule has 4 aromatic heterocycles. The quantitative estimate of drug-likeness (QED) is 0.0250. The predicted octanol–water partition coefficient (Wildman–Crippen LogP) is 7.39. The van der Waals surface area contributed by atoms with Gasteiger partial charge in [-0.1, -0.05) is 49.7 Å². The molecule has 0 saturated carbocycles. The van der Waals surface area contributed by atoms with E-state index in [1.54, 1.807) is 55.5 Å². The summed E-state index contributed by atoms with van der Waals surface area (Å²) in [4.78, 5) is 72.6. The van der Waals surface area contributed by atoms with Gasteiger partial charge in [0.15, 0.2) is 5.92 Å². The average Bonchev–Trinajstić information content (AvgIpc) is 3.51. The number of pyridine rings is 3. The van der Waals surface area contributed by atoms with Gasteiger partial charge in [0, 0.05) is 84.0 Å². The molecule has 4 aromatic rings. The number of imidazole rings is 1. The average molecular weight is 867 g/mol. The van der Waals surface area contributed by atoms with Crippen molar-refractivity contribution in [1.29, 1.82) is 0 Å². The number of aryl methyl sites for hydroxylation is 5. The summed E-state index contributed by atoms with van der Waals surface area (Å²) in [5.74, 6) is -5.97. The van der Waals surface area contributed by atoms with Gasteiger partial charge in [-0.15, -0.1) is 0 Å². The minimum atomic E-state index is -1.47. The molecule has 0 atom stereocenters. The molecule has 4 heterocycles. The molecule has 0 amide bonds. The van der Waals surface area contributed by atoms with Gasteiger partial charge < -0.3 is 30.1 Å². The SMILES string of the molecule is C=Cc1cc(C)nc(CC(C(=O)O)C(=O)O)c1.C=Cc1cc(C)nc(CCN=[N+]=[N-])c1.C=Cc1cc(CCC(=O)O)nc(CCC(=O)O)c1.C=Cc1nc(CCC(=O)O)c(C)n1C. The maximum Gasteiger partial charge on any atom is 0.318 e. The fourth-order valence-corrected chi connectivity index (χ4v) is 5.52. The third-order valence-corrected chi connectivity index (χ3v) is 8.72. The number of hydrogen-bond acceptors (Lipinski definition) is 10. The number of hydrogen-bond donors (Lipinski definition) is 5. The van der Waals surface area contributed by atoms with Crippen LogP contribution in [-0.4, -0.2) is 86.4 Å². The van der Waals surface area contributed by atoms with Crippen LogP contribution in [0.5, 0.6) is 0 Å². The van der Waals surface area contributed by atoms with Crippen LogP contribution in [0.4, 0.5) is 0 Å². The highest BCUT2D eigenvalue weighted by Gasteiger charge is 2.26. The van der Waals surface area contributed by atoms with Crippen LogP contribution >= 0.6 is 0 Å². The van der Waals surface area contributed by atoms with Gasteiger partial charge in [-0.3, -0.25) is 38.9 Å². The smallest absolute Gasteiger partial charge is 0.318 e. The van der Waals surface area contributed by atoms with E-state index in [4.69, 9.17) is 31.1 Å². The van der Waals surface area contributed by atoms with Crippen molar-refractivity contribution in [2.24, 2.45) is 18.1 Å². The largest absolute Gasteiger partial charge is 0.481 e. The molecule has 63 heavy (non-hydrogen) atoms. The summed E-state index contributed by atoms with van der Waals surface area (Å²) in [5, 5.41) is 46.8. The first-order valence-electron chi connectivity index (χ1n) is 19.4. The molecular weight excluding hydrogens is 813 g/mol. The second kappa shape index (κ2) is 27.9. The molecule has 5 N–H and O–H groups in total. The van der Waals surface area contributed by atoms with Gasteiger partial charge in [0.25, 0.3) is 0 Å². The zero-order valence-electron chi connectivity index (χ0n) is 35.9. The van der Waals surface area contributed by atoms with Crippen molar-refractivity contribution >= 4 is 54.2 Å². The second-order valence-electron chi connectivity index (χ2n) is 13.6. The van der Waals surface area contributed by atoms with Crippen molar-refractivity contribution in [3.8, 4) is 0 Å². The Bertz CT molecular complexity index is 2280. The van der Waals surface area contributed by atoms with E-state index in [0.29, 0.717) is 55.0 Å². The first-order chi connectivity index (χ1) is 29.8. The fraction of sp³-hybridized carbons (Fsp3) is 0.311. The highest BCUT2D eigenvalue weighted by atomic mass is 16.4. The van der Waals surface area contributed by atoms with Gasteiger partial charge in [0.2, 0.25) is 0 Å². The van der Waals surface area contributed by atoms with E-state index >= 15 is 0 Å². The van der Waals surface area contributed by atoms with Gasteiger partial charge in [-0.25, -0.2) is 4.98 Å². The predicted molar refractivity (Wildman–Crippen MR) is 239 cm³/mol. The molecule has 0 bridgehead atoms. The molecule has 0 aliphatic heterocycles. The maximum atomic E-state index is 10.8. The highest BCUT2D eigenvalue weighted by molar-refractivity contribution is 5.93. The highest BCUT2D eigenvalue weighted by Crippen LogP contribution is 2.15. The molecule has 334 valence electrons. The van der Waals surface area contributed by atoms with E-state index in [1.807, 2.05) is 37.6 Å². The third-order valence-electron chi connectivity index (χ3n) is 8.72. The monoisotopic (exact) mass is 866 g/mol. The molecule has 0 radical (unpaired) electrons. The summed E-state index contributed by atoms with van der Waals surface area (Å²) in [5.41, 5.74) is 17.0. The van der Waals surface area contributed by atoms with Crippen LogP contribution in [0.3, 0.4) is 0 Å². The van der Waals surface area contributed by atoms with Crippen molar-refractivity contribution in [2.45, 2.75) is 72.1 Å². The summed E-state index contributed by atoms with van der Waals surface area (Å²) in [7, 11) is 1.89. The Morgan fingerprint density at radius 2 is 1.05 bits per heavy atom. The van der Waals surface area contributed by atoms with Gasteiger partial charge >= 0.3 is 29.8 Å². The fourth-order valence-electron chi connectivity index (χ4n) is 5.52. The van der Waals surface area contributed by atoms with E-state index in [0.717, 1.165) is 45.3 Å². The third kappa shape index (κ3) is 20.9. The number of carboxylic acid groups (broad SMARTS) is 5. The topological polar surface area (TPSA) is 292 Å².